The molecule has 4 nitrogen and oxygen atoms in total. The van der Waals surface area contributed by atoms with Gasteiger partial charge in [0.1, 0.15) is 0 Å². The van der Waals surface area contributed by atoms with Crippen molar-refractivity contribution in [1.82, 2.24) is 0 Å². The number of benzene rings is 1. The van der Waals surface area contributed by atoms with Gasteiger partial charge in [0.05, 0.1) is 32.3 Å². The van der Waals surface area contributed by atoms with E-state index in [0.717, 1.165) is 12.1 Å². The summed E-state index contributed by atoms with van der Waals surface area (Å²) >= 11 is 0. The summed E-state index contributed by atoms with van der Waals surface area (Å²) < 4.78 is 61.5. The first-order valence-electron chi connectivity index (χ1n) is 7.15. The molecule has 2 saturated heterocycles. The van der Waals surface area contributed by atoms with Crippen LogP contribution in [-0.2, 0) is 18.9 Å². The SMILES string of the molecule is CC1COC(C2COC(c3cc(F)c(F)c(F)c3)OC2)OC1. The molecule has 0 spiro atoms. The van der Waals surface area contributed by atoms with E-state index < -0.39 is 30.0 Å². The van der Waals surface area contributed by atoms with Gasteiger partial charge in [-0.2, -0.15) is 0 Å². The first-order chi connectivity index (χ1) is 10.5. The maximum Gasteiger partial charge on any atom is 0.194 e. The van der Waals surface area contributed by atoms with Crippen LogP contribution >= 0.6 is 0 Å². The molecule has 0 amide bonds. The molecule has 2 fully saturated rings. The smallest absolute Gasteiger partial charge is 0.194 e. The van der Waals surface area contributed by atoms with Crippen molar-refractivity contribution in [2.45, 2.75) is 19.5 Å². The van der Waals surface area contributed by atoms with Gasteiger partial charge in [-0.3, -0.25) is 0 Å². The highest BCUT2D eigenvalue weighted by Crippen LogP contribution is 2.30. The van der Waals surface area contributed by atoms with E-state index in [-0.39, 0.29) is 24.7 Å². The highest BCUT2D eigenvalue weighted by atomic mass is 19.2. The number of ether oxygens (including phenoxy) is 4. The standard InChI is InChI=1S/C15H17F3O4/c1-8-4-19-15(20-5-8)10-6-21-14(22-7-10)9-2-11(16)13(18)12(17)3-9/h2-3,8,10,14-15H,4-7H2,1H3. The summed E-state index contributed by atoms with van der Waals surface area (Å²) in [5.41, 5.74) is 0.106. The van der Waals surface area contributed by atoms with Crippen LogP contribution < -0.4 is 0 Å². The molecule has 0 saturated carbocycles. The Labute approximate surface area is 126 Å². The molecular formula is C15H17F3O4. The van der Waals surface area contributed by atoms with Gasteiger partial charge in [-0.1, -0.05) is 6.92 Å². The first-order valence-corrected chi connectivity index (χ1v) is 7.15. The molecule has 122 valence electrons. The van der Waals surface area contributed by atoms with Crippen LogP contribution in [0.3, 0.4) is 0 Å². The van der Waals surface area contributed by atoms with Crippen LogP contribution in [0, 0.1) is 29.3 Å². The van der Waals surface area contributed by atoms with Gasteiger partial charge in [-0.15, -0.1) is 0 Å². The molecule has 2 aliphatic heterocycles. The normalized spacial score (nSPS) is 32.9. The number of hydrogen-bond acceptors (Lipinski definition) is 4. The van der Waals surface area contributed by atoms with Crippen LogP contribution in [0.15, 0.2) is 12.1 Å². The second kappa shape index (κ2) is 6.54. The summed E-state index contributed by atoms with van der Waals surface area (Å²) in [5, 5.41) is 0. The fraction of sp³-hybridized carbons (Fsp3) is 0.600. The van der Waals surface area contributed by atoms with E-state index in [9.17, 15) is 13.2 Å². The Morgan fingerprint density at radius 1 is 0.864 bits per heavy atom. The Morgan fingerprint density at radius 2 is 1.41 bits per heavy atom. The Morgan fingerprint density at radius 3 is 1.95 bits per heavy atom. The average molecular weight is 318 g/mol. The van der Waals surface area contributed by atoms with E-state index in [2.05, 4.69) is 0 Å². The Hall–Kier alpha value is -1.15. The van der Waals surface area contributed by atoms with Crippen molar-refractivity contribution in [3.63, 3.8) is 0 Å². The fourth-order valence-electron chi connectivity index (χ4n) is 2.47. The summed E-state index contributed by atoms with van der Waals surface area (Å²) in [6, 6.07) is 1.75. The topological polar surface area (TPSA) is 36.9 Å². The monoisotopic (exact) mass is 318 g/mol. The zero-order valence-electron chi connectivity index (χ0n) is 12.1. The third-order valence-corrected chi connectivity index (χ3v) is 3.68. The van der Waals surface area contributed by atoms with E-state index >= 15 is 0 Å². The van der Waals surface area contributed by atoms with Crippen LogP contribution in [0.4, 0.5) is 13.2 Å². The van der Waals surface area contributed by atoms with E-state index in [1.165, 1.54) is 0 Å². The van der Waals surface area contributed by atoms with E-state index in [4.69, 9.17) is 18.9 Å². The highest BCUT2D eigenvalue weighted by molar-refractivity contribution is 5.20. The molecule has 0 N–H and O–H groups in total. The molecule has 22 heavy (non-hydrogen) atoms. The second-order valence-corrected chi connectivity index (χ2v) is 5.70. The van der Waals surface area contributed by atoms with Gasteiger partial charge >= 0.3 is 0 Å². The van der Waals surface area contributed by atoms with Crippen LogP contribution in [0.2, 0.25) is 0 Å². The van der Waals surface area contributed by atoms with Gasteiger partial charge in [0.2, 0.25) is 0 Å². The molecular weight excluding hydrogens is 301 g/mol. The maximum absolute atomic E-state index is 13.2. The summed E-state index contributed by atoms with van der Waals surface area (Å²) in [6.45, 7) is 3.78. The predicted molar refractivity (Wildman–Crippen MR) is 69.3 cm³/mol. The van der Waals surface area contributed by atoms with Crippen molar-refractivity contribution in [2.24, 2.45) is 11.8 Å². The first kappa shape index (κ1) is 15.7. The van der Waals surface area contributed by atoms with Crippen molar-refractivity contribution in [3.05, 3.63) is 35.1 Å². The summed E-state index contributed by atoms with van der Waals surface area (Å²) in [5.74, 6) is -3.80. The lowest BCUT2D eigenvalue weighted by Gasteiger charge is -2.36. The van der Waals surface area contributed by atoms with Gasteiger partial charge < -0.3 is 18.9 Å². The molecule has 0 bridgehead atoms. The lowest BCUT2D eigenvalue weighted by molar-refractivity contribution is -0.281. The molecule has 1 aromatic carbocycles. The van der Waals surface area contributed by atoms with Crippen LogP contribution in [0.1, 0.15) is 18.8 Å². The van der Waals surface area contributed by atoms with Gasteiger partial charge in [-0.25, -0.2) is 13.2 Å². The lowest BCUT2D eigenvalue weighted by atomic mass is 10.1. The van der Waals surface area contributed by atoms with Crippen molar-refractivity contribution >= 4 is 0 Å². The van der Waals surface area contributed by atoms with Crippen molar-refractivity contribution < 1.29 is 32.1 Å². The average Bonchev–Trinajstić information content (AvgIpc) is 2.53. The van der Waals surface area contributed by atoms with Crippen molar-refractivity contribution in [2.75, 3.05) is 26.4 Å². The minimum atomic E-state index is -1.50. The maximum atomic E-state index is 13.2. The molecule has 0 aromatic heterocycles. The molecule has 1 aromatic rings. The third-order valence-electron chi connectivity index (χ3n) is 3.68. The molecule has 2 heterocycles. The van der Waals surface area contributed by atoms with E-state index in [1.807, 2.05) is 6.92 Å². The van der Waals surface area contributed by atoms with Crippen molar-refractivity contribution in [1.29, 1.82) is 0 Å². The zero-order valence-corrected chi connectivity index (χ0v) is 12.1. The van der Waals surface area contributed by atoms with Gasteiger partial charge in [0.25, 0.3) is 0 Å². The zero-order chi connectivity index (χ0) is 15.7. The van der Waals surface area contributed by atoms with Gasteiger partial charge in [-0.05, 0) is 12.1 Å². The van der Waals surface area contributed by atoms with Crippen LogP contribution in [0.25, 0.3) is 0 Å². The fourth-order valence-corrected chi connectivity index (χ4v) is 2.47. The number of halogens is 3. The number of hydrogen-bond donors (Lipinski definition) is 0. The second-order valence-electron chi connectivity index (χ2n) is 5.70. The molecule has 0 atom stereocenters. The molecule has 0 unspecified atom stereocenters. The Balaban J connectivity index is 1.60. The molecule has 0 radical (unpaired) electrons. The van der Waals surface area contributed by atoms with Gasteiger partial charge in [0.15, 0.2) is 30.0 Å². The van der Waals surface area contributed by atoms with Crippen LogP contribution in [-0.4, -0.2) is 32.7 Å². The predicted octanol–water partition coefficient (Wildman–Crippen LogP) is 2.77. The Kier molecular flexibility index (Phi) is 4.67. The quantitative estimate of drug-likeness (QED) is 0.786. The van der Waals surface area contributed by atoms with Crippen LogP contribution in [0.5, 0.6) is 0 Å². The summed E-state index contributed by atoms with van der Waals surface area (Å²) in [7, 11) is 0. The minimum Gasteiger partial charge on any atom is -0.352 e. The Bertz CT molecular complexity index is 501. The molecule has 0 aliphatic carbocycles. The lowest BCUT2D eigenvalue weighted by Crippen LogP contribution is -2.42. The number of rotatable bonds is 2. The van der Waals surface area contributed by atoms with E-state index in [0.29, 0.717) is 19.1 Å². The summed E-state index contributed by atoms with van der Waals surface area (Å²) in [6.07, 6.45) is -1.33. The minimum absolute atomic E-state index is 0.106. The molecule has 7 heteroatoms. The third kappa shape index (κ3) is 3.27. The molecule has 3 rings (SSSR count). The summed E-state index contributed by atoms with van der Waals surface area (Å²) in [4.78, 5) is 0. The van der Waals surface area contributed by atoms with E-state index in [1.54, 1.807) is 0 Å². The van der Waals surface area contributed by atoms with Gasteiger partial charge in [0, 0.05) is 11.5 Å². The molecule has 2 aliphatic rings. The highest BCUT2D eigenvalue weighted by Gasteiger charge is 2.33. The largest absolute Gasteiger partial charge is 0.352 e. The van der Waals surface area contributed by atoms with Crippen molar-refractivity contribution in [3.8, 4) is 0 Å².